The van der Waals surface area contributed by atoms with Crippen molar-refractivity contribution in [3.8, 4) is 5.69 Å². The fourth-order valence-electron chi connectivity index (χ4n) is 2.62. The van der Waals surface area contributed by atoms with Crippen LogP contribution in [0.3, 0.4) is 0 Å². The summed E-state index contributed by atoms with van der Waals surface area (Å²) in [6.07, 6.45) is 0. The zero-order valence-electron chi connectivity index (χ0n) is 14.6. The van der Waals surface area contributed by atoms with E-state index in [1.807, 2.05) is 18.4 Å². The predicted molar refractivity (Wildman–Crippen MR) is 112 cm³/mol. The van der Waals surface area contributed by atoms with Crippen LogP contribution in [0.15, 0.2) is 53.9 Å². The molecule has 0 bridgehead atoms. The van der Waals surface area contributed by atoms with E-state index in [9.17, 15) is 9.18 Å². The van der Waals surface area contributed by atoms with Crippen molar-refractivity contribution in [2.24, 2.45) is 0 Å². The van der Waals surface area contributed by atoms with Crippen LogP contribution < -0.4 is 10.6 Å². The van der Waals surface area contributed by atoms with E-state index in [0.717, 1.165) is 11.3 Å². The summed E-state index contributed by atoms with van der Waals surface area (Å²) in [5.74, 6) is -0.575. The van der Waals surface area contributed by atoms with Crippen molar-refractivity contribution in [3.63, 3.8) is 0 Å². The summed E-state index contributed by atoms with van der Waals surface area (Å²) < 4.78 is 13.1. The van der Waals surface area contributed by atoms with Crippen LogP contribution in [0.1, 0.15) is 15.2 Å². The van der Waals surface area contributed by atoms with Gasteiger partial charge in [-0.25, -0.2) is 4.39 Å². The molecule has 2 aromatic carbocycles. The molecule has 6 nitrogen and oxygen atoms in total. The summed E-state index contributed by atoms with van der Waals surface area (Å²) in [6, 6.07) is 13.1. The second-order valence-electron chi connectivity index (χ2n) is 6.01. The molecule has 28 heavy (non-hydrogen) atoms. The van der Waals surface area contributed by atoms with Gasteiger partial charge in [-0.05, 0) is 72.5 Å². The Balaban J connectivity index is 1.56. The van der Waals surface area contributed by atoms with E-state index < -0.39 is 0 Å². The Morgan fingerprint density at radius 3 is 2.54 bits per heavy atom. The van der Waals surface area contributed by atoms with Crippen molar-refractivity contribution in [2.45, 2.75) is 6.92 Å². The van der Waals surface area contributed by atoms with Crippen LogP contribution in [0.2, 0.25) is 0 Å². The van der Waals surface area contributed by atoms with Gasteiger partial charge in [-0.2, -0.15) is 4.80 Å². The highest BCUT2D eigenvalue weighted by molar-refractivity contribution is 7.80. The quantitative estimate of drug-likeness (QED) is 0.498. The van der Waals surface area contributed by atoms with Gasteiger partial charge in [0.1, 0.15) is 16.9 Å². The van der Waals surface area contributed by atoms with Gasteiger partial charge in [-0.1, -0.05) is 6.07 Å². The Hall–Kier alpha value is -3.17. The average molecular weight is 411 g/mol. The van der Waals surface area contributed by atoms with Crippen LogP contribution in [0.4, 0.5) is 10.1 Å². The van der Waals surface area contributed by atoms with E-state index >= 15 is 0 Å². The molecule has 0 aliphatic carbocycles. The Kier molecular flexibility index (Phi) is 4.84. The lowest BCUT2D eigenvalue weighted by Gasteiger charge is -2.11. The van der Waals surface area contributed by atoms with E-state index in [1.54, 1.807) is 30.3 Å². The number of thiocarbonyl (C=S) groups is 1. The number of carbonyl (C=O) groups is 1. The van der Waals surface area contributed by atoms with Crippen LogP contribution in [-0.2, 0) is 0 Å². The Bertz CT molecular complexity index is 1170. The number of benzene rings is 2. The minimum atomic E-state index is -0.319. The molecule has 0 aliphatic rings. The number of amides is 1. The van der Waals surface area contributed by atoms with E-state index in [4.69, 9.17) is 12.2 Å². The number of thiophene rings is 1. The largest absolute Gasteiger partial charge is 0.332 e. The molecule has 0 spiro atoms. The van der Waals surface area contributed by atoms with Gasteiger partial charge in [0, 0.05) is 5.69 Å². The summed E-state index contributed by atoms with van der Waals surface area (Å²) in [4.78, 5) is 14.1. The molecule has 2 N–H and O–H groups in total. The molecule has 4 rings (SSSR count). The van der Waals surface area contributed by atoms with E-state index in [1.165, 1.54) is 28.3 Å². The monoisotopic (exact) mass is 411 g/mol. The smallest absolute Gasteiger partial charge is 0.267 e. The topological polar surface area (TPSA) is 71.8 Å². The fraction of sp³-hybridized carbons (Fsp3) is 0.0526. The Morgan fingerprint density at radius 1 is 1.14 bits per heavy atom. The van der Waals surface area contributed by atoms with Crippen LogP contribution in [0, 0.1) is 12.7 Å². The minimum Gasteiger partial charge on any atom is -0.332 e. The molecule has 0 unspecified atom stereocenters. The molecular weight excluding hydrogens is 397 g/mol. The molecule has 4 aromatic rings. The summed E-state index contributed by atoms with van der Waals surface area (Å²) in [5.41, 5.74) is 3.61. The zero-order valence-corrected chi connectivity index (χ0v) is 16.3. The molecule has 0 fully saturated rings. The van der Waals surface area contributed by atoms with Gasteiger partial charge in [0.05, 0.1) is 10.6 Å². The van der Waals surface area contributed by atoms with E-state index in [0.29, 0.717) is 21.6 Å². The highest BCUT2D eigenvalue weighted by Crippen LogP contribution is 2.22. The standard InChI is InChI=1S/C19H14FN5OS2/c1-11-9-15-16(24-25(23-15)13-6-4-12(20)5-7-13)10-14(11)21-19(27)22-18(26)17-3-2-8-28-17/h2-10H,1H3,(H2,21,22,26,27). The van der Waals surface area contributed by atoms with Gasteiger partial charge in [0.15, 0.2) is 5.11 Å². The molecule has 0 saturated carbocycles. The van der Waals surface area contributed by atoms with E-state index in [2.05, 4.69) is 20.8 Å². The molecule has 2 heterocycles. The predicted octanol–water partition coefficient (Wildman–Crippen LogP) is 4.06. The molecule has 2 aromatic heterocycles. The number of fused-ring (bicyclic) bond motifs is 1. The van der Waals surface area contributed by atoms with Crippen LogP contribution in [0.5, 0.6) is 0 Å². The van der Waals surface area contributed by atoms with Gasteiger partial charge < -0.3 is 5.32 Å². The summed E-state index contributed by atoms with van der Waals surface area (Å²) in [7, 11) is 0. The number of rotatable bonds is 3. The first-order valence-corrected chi connectivity index (χ1v) is 9.58. The first-order valence-electron chi connectivity index (χ1n) is 8.29. The number of nitrogens with one attached hydrogen (secondary N) is 2. The summed E-state index contributed by atoms with van der Waals surface area (Å²) in [6.45, 7) is 1.91. The first kappa shape index (κ1) is 18.2. The lowest BCUT2D eigenvalue weighted by molar-refractivity contribution is 0.0981. The molecular formula is C19H14FN5OS2. The number of aryl methyl sites for hydroxylation is 1. The second-order valence-corrected chi connectivity index (χ2v) is 7.36. The number of anilines is 1. The summed E-state index contributed by atoms with van der Waals surface area (Å²) >= 11 is 6.59. The molecule has 0 atom stereocenters. The molecule has 0 saturated heterocycles. The number of nitrogens with zero attached hydrogens (tertiary/aromatic N) is 3. The normalized spacial score (nSPS) is 10.8. The lowest BCUT2D eigenvalue weighted by atomic mass is 10.2. The van der Waals surface area contributed by atoms with Crippen molar-refractivity contribution in [3.05, 3.63) is 70.2 Å². The van der Waals surface area contributed by atoms with Gasteiger partial charge in [-0.3, -0.25) is 10.1 Å². The number of hydrogen-bond donors (Lipinski definition) is 2. The van der Waals surface area contributed by atoms with E-state index in [-0.39, 0.29) is 16.8 Å². The maximum Gasteiger partial charge on any atom is 0.267 e. The second kappa shape index (κ2) is 7.45. The molecule has 0 radical (unpaired) electrons. The van der Waals surface area contributed by atoms with Gasteiger partial charge in [-0.15, -0.1) is 21.5 Å². The highest BCUT2D eigenvalue weighted by atomic mass is 32.1. The maximum absolute atomic E-state index is 13.1. The zero-order chi connectivity index (χ0) is 19.7. The molecule has 9 heteroatoms. The molecule has 140 valence electrons. The third-order valence-electron chi connectivity index (χ3n) is 4.00. The molecule has 1 amide bonds. The van der Waals surface area contributed by atoms with Gasteiger partial charge >= 0.3 is 0 Å². The maximum atomic E-state index is 13.1. The average Bonchev–Trinajstić information content (AvgIpc) is 3.32. The molecule has 0 aliphatic heterocycles. The van der Waals surface area contributed by atoms with Crippen LogP contribution in [0.25, 0.3) is 16.7 Å². The fourth-order valence-corrected chi connectivity index (χ4v) is 3.44. The van der Waals surface area contributed by atoms with Crippen molar-refractivity contribution in [1.82, 2.24) is 20.3 Å². The summed E-state index contributed by atoms with van der Waals surface area (Å²) in [5, 5.41) is 16.6. The van der Waals surface area contributed by atoms with Crippen molar-refractivity contribution < 1.29 is 9.18 Å². The minimum absolute atomic E-state index is 0.201. The van der Waals surface area contributed by atoms with Crippen molar-refractivity contribution in [2.75, 3.05) is 5.32 Å². The van der Waals surface area contributed by atoms with Gasteiger partial charge in [0.2, 0.25) is 0 Å². The van der Waals surface area contributed by atoms with Crippen LogP contribution in [-0.4, -0.2) is 26.0 Å². The van der Waals surface area contributed by atoms with Crippen LogP contribution >= 0.6 is 23.6 Å². The number of halogens is 1. The number of aromatic nitrogens is 3. The van der Waals surface area contributed by atoms with Crippen molar-refractivity contribution in [1.29, 1.82) is 0 Å². The SMILES string of the molecule is Cc1cc2nn(-c3ccc(F)cc3)nc2cc1NC(=S)NC(=O)c1cccs1. The Labute approximate surface area is 169 Å². The Morgan fingerprint density at radius 2 is 1.86 bits per heavy atom. The third kappa shape index (κ3) is 3.75. The van der Waals surface area contributed by atoms with Crippen molar-refractivity contribution >= 4 is 51.3 Å². The third-order valence-corrected chi connectivity index (χ3v) is 5.08. The number of carbonyl (C=O) groups excluding carboxylic acids is 1. The number of hydrogen-bond acceptors (Lipinski definition) is 5. The van der Waals surface area contributed by atoms with Gasteiger partial charge in [0.25, 0.3) is 5.91 Å². The highest BCUT2D eigenvalue weighted by Gasteiger charge is 2.12. The first-order chi connectivity index (χ1) is 13.5. The lowest BCUT2D eigenvalue weighted by Crippen LogP contribution is -2.33.